The number of benzene rings is 7. The molecule has 2 heterocycles. The van der Waals surface area contributed by atoms with Gasteiger partial charge in [0, 0.05) is 22.1 Å². The quantitative estimate of drug-likeness (QED) is 0.207. The maximum Gasteiger partial charge on any atom is 0.152 e. The lowest BCUT2D eigenvalue weighted by Crippen LogP contribution is -2.16. The van der Waals surface area contributed by atoms with Crippen LogP contribution in [0, 0.1) is 0 Å². The van der Waals surface area contributed by atoms with Gasteiger partial charge in [-0.05, 0) is 82.9 Å². The predicted molar refractivity (Wildman–Crippen MR) is 186 cm³/mol. The van der Waals surface area contributed by atoms with Gasteiger partial charge in [-0.2, -0.15) is 0 Å². The zero-order valence-corrected chi connectivity index (χ0v) is 24.5. The van der Waals surface area contributed by atoms with Gasteiger partial charge in [-0.3, -0.25) is 0 Å². The summed E-state index contributed by atoms with van der Waals surface area (Å²) in [6.07, 6.45) is 0. The van der Waals surface area contributed by atoms with E-state index < -0.39 is 0 Å². The molecule has 0 saturated carbocycles. The average molecular weight is 577 g/mol. The zero-order chi connectivity index (χ0) is 29.7. The summed E-state index contributed by atoms with van der Waals surface area (Å²) in [6.45, 7) is 0. The van der Waals surface area contributed by atoms with Crippen LogP contribution in [0.3, 0.4) is 0 Å². The summed E-state index contributed by atoms with van der Waals surface area (Å²) in [7, 11) is 0. The van der Waals surface area contributed by atoms with Crippen LogP contribution < -0.4 is 9.64 Å². The van der Waals surface area contributed by atoms with Gasteiger partial charge in [0.2, 0.25) is 0 Å². The third kappa shape index (κ3) is 4.13. The molecule has 0 amide bonds. The van der Waals surface area contributed by atoms with Gasteiger partial charge in [0.15, 0.2) is 11.5 Å². The molecule has 0 unspecified atom stereocenters. The normalized spacial score (nSPS) is 12.1. The molecule has 7 aromatic carbocycles. The summed E-state index contributed by atoms with van der Waals surface area (Å²) < 4.78 is 9.01. The molecule has 0 fully saturated rings. The zero-order valence-electron chi connectivity index (χ0n) is 24.5. The van der Waals surface area contributed by atoms with E-state index in [1.807, 2.05) is 12.1 Å². The third-order valence-corrected chi connectivity index (χ3v) is 8.73. The molecule has 3 heteroatoms. The molecule has 0 saturated heterocycles. The number of nitrogens with zero attached hydrogens (tertiary/aromatic N) is 2. The Morgan fingerprint density at radius 1 is 0.400 bits per heavy atom. The number of hydrogen-bond acceptors (Lipinski definition) is 2. The first-order chi connectivity index (χ1) is 22.3. The fourth-order valence-electron chi connectivity index (χ4n) is 6.75. The molecular weight excluding hydrogens is 548 g/mol. The lowest BCUT2D eigenvalue weighted by Gasteiger charge is -2.33. The van der Waals surface area contributed by atoms with Gasteiger partial charge in [-0.1, -0.05) is 109 Å². The van der Waals surface area contributed by atoms with Crippen LogP contribution in [0.25, 0.3) is 49.7 Å². The van der Waals surface area contributed by atoms with E-state index in [0.717, 1.165) is 50.7 Å². The lowest BCUT2D eigenvalue weighted by molar-refractivity contribution is 0.478. The maximum atomic E-state index is 6.60. The Kier molecular flexibility index (Phi) is 5.82. The molecule has 1 aromatic heterocycles. The molecule has 0 radical (unpaired) electrons. The van der Waals surface area contributed by atoms with Crippen LogP contribution in [-0.2, 0) is 0 Å². The molecule has 45 heavy (non-hydrogen) atoms. The summed E-state index contributed by atoms with van der Waals surface area (Å²) >= 11 is 0. The Morgan fingerprint density at radius 3 is 1.71 bits per heavy atom. The van der Waals surface area contributed by atoms with E-state index in [1.54, 1.807) is 0 Å². The summed E-state index contributed by atoms with van der Waals surface area (Å²) in [5.74, 6) is 1.69. The van der Waals surface area contributed by atoms with Crippen LogP contribution >= 0.6 is 0 Å². The molecule has 0 aliphatic carbocycles. The number of aromatic nitrogens is 1. The molecular formula is C42H28N2O. The number of fused-ring (bicyclic) bond motifs is 6. The van der Waals surface area contributed by atoms with Crippen LogP contribution in [0.1, 0.15) is 0 Å². The molecule has 0 atom stereocenters. The number of rotatable bonds is 4. The minimum Gasteiger partial charge on any atom is -0.453 e. The van der Waals surface area contributed by atoms with Gasteiger partial charge in [0.1, 0.15) is 0 Å². The van der Waals surface area contributed by atoms with Gasteiger partial charge >= 0.3 is 0 Å². The van der Waals surface area contributed by atoms with E-state index in [4.69, 9.17) is 4.74 Å². The fraction of sp³-hybridized carbons (Fsp3) is 0. The van der Waals surface area contributed by atoms with Gasteiger partial charge in [0.05, 0.1) is 22.4 Å². The molecule has 8 aromatic rings. The smallest absolute Gasteiger partial charge is 0.152 e. The van der Waals surface area contributed by atoms with Crippen LogP contribution in [0.15, 0.2) is 170 Å². The molecule has 0 spiro atoms. The van der Waals surface area contributed by atoms with Crippen molar-refractivity contribution in [1.29, 1.82) is 0 Å². The fourth-order valence-corrected chi connectivity index (χ4v) is 6.75. The first-order valence-electron chi connectivity index (χ1n) is 15.3. The van der Waals surface area contributed by atoms with Crippen molar-refractivity contribution in [2.45, 2.75) is 0 Å². The average Bonchev–Trinajstić information content (AvgIpc) is 3.46. The molecule has 9 rings (SSSR count). The Balaban J connectivity index is 1.37. The summed E-state index contributed by atoms with van der Waals surface area (Å²) in [4.78, 5) is 2.35. The van der Waals surface area contributed by atoms with E-state index in [9.17, 15) is 0 Å². The minimum atomic E-state index is 0.843. The largest absolute Gasteiger partial charge is 0.453 e. The second-order valence-corrected chi connectivity index (χ2v) is 11.4. The lowest BCUT2D eigenvalue weighted by atomic mass is 9.98. The Labute approximate surface area is 261 Å². The van der Waals surface area contributed by atoms with Crippen molar-refractivity contribution in [2.75, 3.05) is 4.90 Å². The Bertz CT molecular complexity index is 2280. The Hall–Kier alpha value is -6.06. The van der Waals surface area contributed by atoms with Gasteiger partial charge in [-0.15, -0.1) is 0 Å². The molecule has 0 N–H and O–H groups in total. The highest BCUT2D eigenvalue weighted by Crippen LogP contribution is 2.55. The third-order valence-electron chi connectivity index (χ3n) is 8.73. The second kappa shape index (κ2) is 10.3. The van der Waals surface area contributed by atoms with Crippen molar-refractivity contribution in [3.63, 3.8) is 0 Å². The number of ether oxygens (including phenoxy) is 1. The van der Waals surface area contributed by atoms with E-state index in [1.165, 1.54) is 27.6 Å². The molecule has 3 nitrogen and oxygen atoms in total. The highest BCUT2D eigenvalue weighted by Gasteiger charge is 2.30. The van der Waals surface area contributed by atoms with Crippen molar-refractivity contribution < 1.29 is 4.74 Å². The first-order valence-corrected chi connectivity index (χ1v) is 15.3. The Morgan fingerprint density at radius 2 is 1.00 bits per heavy atom. The summed E-state index contributed by atoms with van der Waals surface area (Å²) in [6, 6.07) is 60.1. The van der Waals surface area contributed by atoms with Crippen LogP contribution in [0.5, 0.6) is 11.5 Å². The standard InChI is InChI=1S/C42H28N2O/c1-4-14-29(15-5-1)31-26-32(30-16-6-2-7-17-30)28-34(27-31)43-36-21-11-10-20-35(36)41-38(43)24-25-40-42(41)44(33-18-8-3-9-19-33)37-22-12-13-23-39(37)45-40/h1-28H. The van der Waals surface area contributed by atoms with E-state index >= 15 is 0 Å². The molecule has 212 valence electrons. The van der Waals surface area contributed by atoms with E-state index in [2.05, 4.69) is 167 Å². The monoisotopic (exact) mass is 576 g/mol. The molecule has 1 aliphatic rings. The van der Waals surface area contributed by atoms with Crippen molar-refractivity contribution in [3.05, 3.63) is 170 Å². The highest BCUT2D eigenvalue weighted by molar-refractivity contribution is 6.18. The van der Waals surface area contributed by atoms with Gasteiger partial charge < -0.3 is 14.2 Å². The number of hydrogen-bond donors (Lipinski definition) is 0. The van der Waals surface area contributed by atoms with Crippen LogP contribution in [-0.4, -0.2) is 4.57 Å². The molecule has 1 aliphatic heterocycles. The van der Waals surface area contributed by atoms with Crippen molar-refractivity contribution in [1.82, 2.24) is 4.57 Å². The SMILES string of the molecule is c1ccc(-c2cc(-c3ccccc3)cc(-n3c4ccccc4c4c5c(ccc43)Oc3ccccc3N5c3ccccc3)c2)cc1. The second-order valence-electron chi connectivity index (χ2n) is 11.4. The van der Waals surface area contributed by atoms with Crippen LogP contribution in [0.2, 0.25) is 0 Å². The first kappa shape index (κ1) is 25.4. The minimum absolute atomic E-state index is 0.843. The van der Waals surface area contributed by atoms with Crippen LogP contribution in [0.4, 0.5) is 17.1 Å². The van der Waals surface area contributed by atoms with Crippen molar-refractivity contribution in [2.24, 2.45) is 0 Å². The molecule has 0 bridgehead atoms. The predicted octanol–water partition coefficient (Wildman–Crippen LogP) is 11.7. The summed E-state index contributed by atoms with van der Waals surface area (Å²) in [5, 5.41) is 2.34. The number of anilines is 3. The van der Waals surface area contributed by atoms with Gasteiger partial charge in [0.25, 0.3) is 0 Å². The topological polar surface area (TPSA) is 17.4 Å². The summed E-state index contributed by atoms with van der Waals surface area (Å²) in [5.41, 5.74) is 11.3. The highest BCUT2D eigenvalue weighted by atomic mass is 16.5. The van der Waals surface area contributed by atoms with Crippen molar-refractivity contribution in [3.8, 4) is 39.4 Å². The van der Waals surface area contributed by atoms with E-state index in [-0.39, 0.29) is 0 Å². The number of para-hydroxylation sites is 4. The maximum absolute atomic E-state index is 6.60. The van der Waals surface area contributed by atoms with Crippen molar-refractivity contribution >= 4 is 38.9 Å². The van der Waals surface area contributed by atoms with E-state index in [0.29, 0.717) is 0 Å². The van der Waals surface area contributed by atoms with Gasteiger partial charge in [-0.25, -0.2) is 0 Å².